The Labute approximate surface area is 106 Å². The van der Waals surface area contributed by atoms with Crippen LogP contribution in [0.25, 0.3) is 0 Å². The lowest BCUT2D eigenvalue weighted by atomic mass is 10.2. The van der Waals surface area contributed by atoms with E-state index in [-0.39, 0.29) is 6.10 Å². The molecule has 0 aliphatic heterocycles. The van der Waals surface area contributed by atoms with Crippen LogP contribution >= 0.6 is 11.6 Å². The van der Waals surface area contributed by atoms with E-state index in [2.05, 4.69) is 5.32 Å². The second-order valence-corrected chi connectivity index (χ2v) is 4.20. The van der Waals surface area contributed by atoms with Crippen LogP contribution < -0.4 is 14.8 Å². The van der Waals surface area contributed by atoms with Crippen molar-refractivity contribution in [3.05, 3.63) is 22.7 Å². The van der Waals surface area contributed by atoms with E-state index < -0.39 is 0 Å². The molecule has 1 aromatic carbocycles. The quantitative estimate of drug-likeness (QED) is 0.818. The minimum Gasteiger partial charge on any atom is -0.493 e. The van der Waals surface area contributed by atoms with Crippen LogP contribution in [0.3, 0.4) is 0 Å². The highest BCUT2D eigenvalue weighted by Crippen LogP contribution is 2.35. The Balaban J connectivity index is 2.77. The van der Waals surface area contributed by atoms with Gasteiger partial charge in [0, 0.05) is 13.1 Å². The Morgan fingerprint density at radius 2 is 2.06 bits per heavy atom. The van der Waals surface area contributed by atoms with Crippen molar-refractivity contribution >= 4 is 11.6 Å². The Bertz CT molecular complexity index is 369. The van der Waals surface area contributed by atoms with Gasteiger partial charge in [-0.05, 0) is 24.6 Å². The first-order valence-electron chi connectivity index (χ1n) is 5.37. The summed E-state index contributed by atoms with van der Waals surface area (Å²) in [5, 5.41) is 12.8. The van der Waals surface area contributed by atoms with Gasteiger partial charge in [-0.2, -0.15) is 0 Å². The van der Waals surface area contributed by atoms with Gasteiger partial charge < -0.3 is 19.9 Å². The summed E-state index contributed by atoms with van der Waals surface area (Å²) >= 11 is 6.07. The van der Waals surface area contributed by atoms with Crippen molar-refractivity contribution in [3.63, 3.8) is 0 Å². The van der Waals surface area contributed by atoms with Gasteiger partial charge in [0.1, 0.15) is 0 Å². The first-order chi connectivity index (χ1) is 8.08. The Hall–Kier alpha value is -0.970. The molecule has 4 nitrogen and oxygen atoms in total. The van der Waals surface area contributed by atoms with Crippen molar-refractivity contribution in [1.29, 1.82) is 0 Å². The van der Waals surface area contributed by atoms with E-state index >= 15 is 0 Å². The molecule has 0 saturated carbocycles. The smallest absolute Gasteiger partial charge is 0.179 e. The van der Waals surface area contributed by atoms with E-state index in [1.807, 2.05) is 12.1 Å². The van der Waals surface area contributed by atoms with E-state index in [0.29, 0.717) is 29.6 Å². The molecule has 0 aliphatic rings. The van der Waals surface area contributed by atoms with Crippen molar-refractivity contribution < 1.29 is 14.6 Å². The first-order valence-corrected chi connectivity index (χ1v) is 5.75. The molecule has 0 spiro atoms. The van der Waals surface area contributed by atoms with E-state index in [1.165, 1.54) is 0 Å². The van der Waals surface area contributed by atoms with E-state index in [1.54, 1.807) is 21.1 Å². The summed E-state index contributed by atoms with van der Waals surface area (Å²) < 4.78 is 10.3. The van der Waals surface area contributed by atoms with Crippen molar-refractivity contribution in [2.75, 3.05) is 20.8 Å². The van der Waals surface area contributed by atoms with Gasteiger partial charge in [-0.25, -0.2) is 0 Å². The lowest BCUT2D eigenvalue weighted by Gasteiger charge is -2.12. The lowest BCUT2D eigenvalue weighted by Crippen LogP contribution is -2.23. The molecule has 0 amide bonds. The molecule has 96 valence electrons. The van der Waals surface area contributed by atoms with Crippen LogP contribution in [0, 0.1) is 0 Å². The van der Waals surface area contributed by atoms with Gasteiger partial charge in [0.25, 0.3) is 0 Å². The number of benzene rings is 1. The van der Waals surface area contributed by atoms with Gasteiger partial charge in [0.05, 0.1) is 25.3 Å². The molecule has 0 radical (unpaired) electrons. The number of methoxy groups -OCH3 is 2. The fourth-order valence-corrected chi connectivity index (χ4v) is 1.81. The fraction of sp³-hybridized carbons (Fsp3) is 0.500. The minimum atomic E-state index is -0.370. The number of nitrogens with one attached hydrogen (secondary N) is 1. The van der Waals surface area contributed by atoms with Gasteiger partial charge >= 0.3 is 0 Å². The molecule has 0 bridgehead atoms. The fourth-order valence-electron chi connectivity index (χ4n) is 1.50. The summed E-state index contributed by atoms with van der Waals surface area (Å²) in [7, 11) is 3.12. The molecule has 0 heterocycles. The van der Waals surface area contributed by atoms with E-state index in [0.717, 1.165) is 5.56 Å². The highest BCUT2D eigenvalue weighted by molar-refractivity contribution is 6.32. The van der Waals surface area contributed by atoms with Gasteiger partial charge in [-0.3, -0.25) is 0 Å². The van der Waals surface area contributed by atoms with Gasteiger partial charge in [0.15, 0.2) is 11.5 Å². The maximum absolute atomic E-state index is 9.13. The highest BCUT2D eigenvalue weighted by Gasteiger charge is 2.10. The van der Waals surface area contributed by atoms with Crippen LogP contribution in [-0.2, 0) is 6.54 Å². The standard InChI is InChI=1S/C12H18ClNO3/c1-8(15)6-14-7-9-4-10(13)12(17-3)11(5-9)16-2/h4-5,8,14-15H,6-7H2,1-3H3. The van der Waals surface area contributed by atoms with Crippen LogP contribution in [0.5, 0.6) is 11.5 Å². The van der Waals surface area contributed by atoms with E-state index in [9.17, 15) is 0 Å². The zero-order chi connectivity index (χ0) is 12.8. The lowest BCUT2D eigenvalue weighted by molar-refractivity contribution is 0.191. The first kappa shape index (κ1) is 14.1. The van der Waals surface area contributed by atoms with Crippen molar-refractivity contribution in [2.24, 2.45) is 0 Å². The molecule has 0 saturated heterocycles. The van der Waals surface area contributed by atoms with E-state index in [4.69, 9.17) is 26.2 Å². The average molecular weight is 260 g/mol. The zero-order valence-electron chi connectivity index (χ0n) is 10.3. The van der Waals surface area contributed by atoms with Crippen molar-refractivity contribution in [2.45, 2.75) is 19.6 Å². The number of halogens is 1. The summed E-state index contributed by atoms with van der Waals surface area (Å²) in [5.41, 5.74) is 0.980. The molecule has 17 heavy (non-hydrogen) atoms. The summed E-state index contributed by atoms with van der Waals surface area (Å²) in [4.78, 5) is 0. The molecule has 2 N–H and O–H groups in total. The van der Waals surface area contributed by atoms with Gasteiger partial charge in [-0.1, -0.05) is 11.6 Å². The Morgan fingerprint density at radius 1 is 1.35 bits per heavy atom. The van der Waals surface area contributed by atoms with Crippen LogP contribution in [0.15, 0.2) is 12.1 Å². The number of hydrogen-bond acceptors (Lipinski definition) is 4. The summed E-state index contributed by atoms with van der Waals surface area (Å²) in [6.07, 6.45) is -0.370. The molecule has 0 aliphatic carbocycles. The zero-order valence-corrected chi connectivity index (χ0v) is 11.0. The second-order valence-electron chi connectivity index (χ2n) is 3.79. The number of aliphatic hydroxyl groups is 1. The van der Waals surface area contributed by atoms with Crippen LogP contribution in [0.4, 0.5) is 0 Å². The topological polar surface area (TPSA) is 50.7 Å². The molecule has 1 aromatic rings. The molecule has 0 aromatic heterocycles. The van der Waals surface area contributed by atoms with Crippen LogP contribution in [0.1, 0.15) is 12.5 Å². The molecule has 0 fully saturated rings. The third-order valence-corrected chi connectivity index (χ3v) is 2.54. The predicted molar refractivity (Wildman–Crippen MR) is 67.9 cm³/mol. The minimum absolute atomic E-state index is 0.370. The molecule has 5 heteroatoms. The molecule has 1 atom stereocenters. The van der Waals surface area contributed by atoms with Crippen LogP contribution in [-0.4, -0.2) is 32.0 Å². The Kier molecular flexibility index (Phi) is 5.55. The molecular formula is C12H18ClNO3. The maximum Gasteiger partial charge on any atom is 0.179 e. The third kappa shape index (κ3) is 4.07. The predicted octanol–water partition coefficient (Wildman–Crippen LogP) is 1.83. The van der Waals surface area contributed by atoms with Crippen molar-refractivity contribution in [1.82, 2.24) is 5.32 Å². The van der Waals surface area contributed by atoms with Crippen LogP contribution in [0.2, 0.25) is 5.02 Å². The molecule has 1 rings (SSSR count). The second kappa shape index (κ2) is 6.69. The monoisotopic (exact) mass is 259 g/mol. The summed E-state index contributed by atoms with van der Waals surface area (Å²) in [6.45, 7) is 2.88. The average Bonchev–Trinajstić information content (AvgIpc) is 2.27. The summed E-state index contributed by atoms with van der Waals surface area (Å²) in [6, 6.07) is 3.68. The Morgan fingerprint density at radius 3 is 2.59 bits per heavy atom. The SMILES string of the molecule is COc1cc(CNCC(C)O)cc(Cl)c1OC. The third-order valence-electron chi connectivity index (χ3n) is 2.26. The highest BCUT2D eigenvalue weighted by atomic mass is 35.5. The number of ether oxygens (including phenoxy) is 2. The molecule has 1 unspecified atom stereocenters. The van der Waals surface area contributed by atoms with Gasteiger partial charge in [0.2, 0.25) is 0 Å². The van der Waals surface area contributed by atoms with Gasteiger partial charge in [-0.15, -0.1) is 0 Å². The molecular weight excluding hydrogens is 242 g/mol. The van der Waals surface area contributed by atoms with Crippen molar-refractivity contribution in [3.8, 4) is 11.5 Å². The summed E-state index contributed by atoms with van der Waals surface area (Å²) in [5.74, 6) is 1.14. The maximum atomic E-state index is 9.13. The normalized spacial score (nSPS) is 12.3. The number of aliphatic hydroxyl groups excluding tert-OH is 1. The number of hydrogen-bond donors (Lipinski definition) is 2. The number of rotatable bonds is 6. The largest absolute Gasteiger partial charge is 0.493 e.